The summed E-state index contributed by atoms with van der Waals surface area (Å²) < 4.78 is 33.0. The molecule has 1 heterocycles. The van der Waals surface area contributed by atoms with Crippen LogP contribution in [-0.4, -0.2) is 44.7 Å². The van der Waals surface area contributed by atoms with Gasteiger partial charge in [-0.15, -0.1) is 19.4 Å². The summed E-state index contributed by atoms with van der Waals surface area (Å²) in [4.78, 5) is 23.9. The first-order chi connectivity index (χ1) is 28.0. The summed E-state index contributed by atoms with van der Waals surface area (Å²) in [5.74, 6) is -0.450. The van der Waals surface area contributed by atoms with Crippen molar-refractivity contribution < 1.29 is 32.4 Å². The SMILES string of the molecule is [C-]#[N+]C1=NN(c2ccccc2)C(=O)C1N=Nc1cc(S(N)(=O)=O)ccc1OC.[C-]#[N+]c1cc(N=Nc2ccc(O)c3cccc(NOOSC)c23)c(C#N)cc1C#N. The highest BCUT2D eigenvalue weighted by atomic mass is 32.2. The molecule has 4 N–H and O–H groups in total. The number of para-hydroxylation sites is 1. The molecule has 6 rings (SSSR count). The van der Waals surface area contributed by atoms with Crippen LogP contribution in [-0.2, 0) is 24.1 Å². The number of sulfonamides is 1. The molecular formula is C37H26N12O7S2. The minimum atomic E-state index is -3.96. The Bertz CT molecular complexity index is 2770. The van der Waals surface area contributed by atoms with E-state index in [4.69, 9.17) is 37.6 Å². The van der Waals surface area contributed by atoms with E-state index in [9.17, 15) is 23.6 Å². The van der Waals surface area contributed by atoms with Crippen LogP contribution in [0.15, 0.2) is 121 Å². The number of benzene rings is 5. The highest BCUT2D eigenvalue weighted by Crippen LogP contribution is 2.39. The zero-order valence-electron chi connectivity index (χ0n) is 30.0. The van der Waals surface area contributed by atoms with E-state index in [-0.39, 0.29) is 50.4 Å². The second kappa shape index (κ2) is 18.7. The third-order valence-electron chi connectivity index (χ3n) is 7.75. The lowest BCUT2D eigenvalue weighted by Gasteiger charge is -2.10. The molecule has 0 radical (unpaired) electrons. The molecule has 0 aliphatic carbocycles. The zero-order valence-corrected chi connectivity index (χ0v) is 31.6. The van der Waals surface area contributed by atoms with Crippen LogP contribution in [0, 0.1) is 35.8 Å². The third kappa shape index (κ3) is 9.36. The molecule has 0 saturated carbocycles. The quantitative estimate of drug-likeness (QED) is 0.0288. The van der Waals surface area contributed by atoms with Gasteiger partial charge in [-0.2, -0.15) is 25.9 Å². The molecule has 21 heteroatoms. The summed E-state index contributed by atoms with van der Waals surface area (Å²) in [6.07, 6.45) is 1.68. The van der Waals surface area contributed by atoms with Crippen LogP contribution in [0.3, 0.4) is 0 Å². The van der Waals surface area contributed by atoms with Crippen molar-refractivity contribution in [3.63, 3.8) is 0 Å². The summed E-state index contributed by atoms with van der Waals surface area (Å²) in [5, 5.41) is 56.0. The lowest BCUT2D eigenvalue weighted by Crippen LogP contribution is -2.29. The van der Waals surface area contributed by atoms with Gasteiger partial charge in [-0.05, 0) is 65.8 Å². The second-order valence-corrected chi connectivity index (χ2v) is 13.3. The first-order valence-electron chi connectivity index (χ1n) is 16.1. The van der Waals surface area contributed by atoms with E-state index < -0.39 is 22.0 Å². The van der Waals surface area contributed by atoms with Gasteiger partial charge in [0.1, 0.15) is 23.3 Å². The second-order valence-electron chi connectivity index (χ2n) is 11.2. The first kappa shape index (κ1) is 41.4. The maximum atomic E-state index is 12.6. The van der Waals surface area contributed by atoms with Crippen molar-refractivity contribution in [1.29, 1.82) is 10.5 Å². The fourth-order valence-corrected chi connectivity index (χ4v) is 5.73. The van der Waals surface area contributed by atoms with E-state index in [0.717, 1.165) is 17.1 Å². The van der Waals surface area contributed by atoms with Gasteiger partial charge in [-0.3, -0.25) is 4.79 Å². The predicted octanol–water partition coefficient (Wildman–Crippen LogP) is 7.88. The molecule has 288 valence electrons. The number of methoxy groups -OCH3 is 1. The van der Waals surface area contributed by atoms with E-state index in [1.54, 1.807) is 60.9 Å². The van der Waals surface area contributed by atoms with Gasteiger partial charge in [-0.1, -0.05) is 36.9 Å². The number of aromatic hydroxyl groups is 1. The Kier molecular flexibility index (Phi) is 13.4. The largest absolute Gasteiger partial charge is 0.507 e. The number of nitrogens with zero attached hydrogens (tertiary/aromatic N) is 10. The number of anilines is 2. The number of nitriles is 2. The molecule has 0 fully saturated rings. The summed E-state index contributed by atoms with van der Waals surface area (Å²) in [5.41, 5.74) is 4.42. The molecule has 1 aliphatic rings. The summed E-state index contributed by atoms with van der Waals surface area (Å²) >= 11 is 0.998. The highest BCUT2D eigenvalue weighted by molar-refractivity contribution is 7.93. The number of fused-ring (bicyclic) bond motifs is 1. The number of phenols is 1. The van der Waals surface area contributed by atoms with Gasteiger partial charge < -0.3 is 14.7 Å². The van der Waals surface area contributed by atoms with Crippen molar-refractivity contribution in [1.82, 2.24) is 0 Å². The Morgan fingerprint density at radius 1 is 0.931 bits per heavy atom. The maximum absolute atomic E-state index is 12.6. The first-order valence-corrected chi connectivity index (χ1v) is 18.8. The van der Waals surface area contributed by atoms with Crippen molar-refractivity contribution in [2.45, 2.75) is 10.9 Å². The van der Waals surface area contributed by atoms with Gasteiger partial charge in [0.15, 0.2) is 0 Å². The molecule has 1 aliphatic heterocycles. The smallest absolute Gasteiger partial charge is 0.307 e. The summed E-state index contributed by atoms with van der Waals surface area (Å²) in [7, 11) is -2.59. The summed E-state index contributed by atoms with van der Waals surface area (Å²) in [6.45, 7) is 14.4. The molecule has 5 aromatic carbocycles. The van der Waals surface area contributed by atoms with Crippen LogP contribution < -0.4 is 20.4 Å². The Morgan fingerprint density at radius 2 is 1.67 bits per heavy atom. The van der Waals surface area contributed by atoms with Crippen molar-refractivity contribution in [2.75, 3.05) is 23.9 Å². The van der Waals surface area contributed by atoms with Crippen LogP contribution >= 0.6 is 12.0 Å². The number of nitrogens with two attached hydrogens (primary N) is 1. The standard InChI is InChI=1S/C20H12N6O3S.C17H14N6O4S/c1-23-17-9-18(13(11-22)8-12(17)10-21)25-24-15-6-7-19(27)14-4-3-5-16(20(14)15)26-28-29-30-2;1-19-16-15(17(24)23(22-16)11-6-4-3-5-7-11)21-20-13-10-12(28(18,25)26)8-9-14(13)27-2/h3-9,26-27H,2H3;3-10,15H,2H3,(H2,18,25,26). The van der Waals surface area contributed by atoms with Crippen LogP contribution in [0.5, 0.6) is 11.5 Å². The normalized spacial score (nSPS) is 13.6. The number of hydrazone groups is 1. The molecule has 1 amide bonds. The number of phenolic OH excluding ortho intramolecular Hbond substituents is 1. The van der Waals surface area contributed by atoms with Crippen molar-refractivity contribution in [2.24, 2.45) is 30.7 Å². The van der Waals surface area contributed by atoms with E-state index in [1.807, 2.05) is 12.1 Å². The average Bonchev–Trinajstić information content (AvgIpc) is 3.57. The number of rotatable bonds is 11. The molecular weight excluding hydrogens is 789 g/mol. The fourth-order valence-electron chi connectivity index (χ4n) is 5.09. The summed E-state index contributed by atoms with van der Waals surface area (Å²) in [6, 6.07) is 25.7. The number of amidine groups is 1. The van der Waals surface area contributed by atoms with E-state index in [2.05, 4.69) is 40.7 Å². The Labute approximate surface area is 334 Å². The lowest BCUT2D eigenvalue weighted by molar-refractivity contribution is -0.160. The molecule has 0 aromatic heterocycles. The van der Waals surface area contributed by atoms with Crippen molar-refractivity contribution >= 4 is 78.7 Å². The monoisotopic (exact) mass is 814 g/mol. The molecule has 0 spiro atoms. The van der Waals surface area contributed by atoms with Crippen LogP contribution in [0.2, 0.25) is 0 Å². The number of azo groups is 2. The van der Waals surface area contributed by atoms with Crippen molar-refractivity contribution in [3.05, 3.63) is 125 Å². The number of amides is 1. The topological polar surface area (TPSA) is 259 Å². The van der Waals surface area contributed by atoms with Crippen molar-refractivity contribution in [3.8, 4) is 23.6 Å². The number of nitrogens with one attached hydrogen (secondary N) is 1. The van der Waals surface area contributed by atoms with Gasteiger partial charge in [0, 0.05) is 29.1 Å². The molecule has 5 aromatic rings. The molecule has 0 saturated heterocycles. The zero-order chi connectivity index (χ0) is 41.8. The van der Waals surface area contributed by atoms with Gasteiger partial charge >= 0.3 is 5.84 Å². The molecule has 58 heavy (non-hydrogen) atoms. The maximum Gasteiger partial charge on any atom is 0.307 e. The van der Waals surface area contributed by atoms with E-state index in [0.29, 0.717) is 27.8 Å². The number of primary sulfonamides is 1. The van der Waals surface area contributed by atoms with Gasteiger partial charge in [0.2, 0.25) is 21.8 Å². The number of hydrogen-bond donors (Lipinski definition) is 3. The molecule has 1 atom stereocenters. The molecule has 19 nitrogen and oxygen atoms in total. The average molecular weight is 815 g/mol. The van der Waals surface area contributed by atoms with E-state index in [1.165, 1.54) is 43.5 Å². The lowest BCUT2D eigenvalue weighted by atomic mass is 10.1. The Morgan fingerprint density at radius 3 is 2.33 bits per heavy atom. The minimum Gasteiger partial charge on any atom is -0.507 e. The minimum absolute atomic E-state index is 0.0322. The van der Waals surface area contributed by atoms with Gasteiger partial charge in [0.25, 0.3) is 5.91 Å². The number of ether oxygens (including phenoxy) is 1. The van der Waals surface area contributed by atoms with Gasteiger partial charge in [-0.25, -0.2) is 23.9 Å². The van der Waals surface area contributed by atoms with Crippen LogP contribution in [0.1, 0.15) is 11.1 Å². The van der Waals surface area contributed by atoms with Gasteiger partial charge in [0.05, 0.1) is 58.5 Å². The Balaban J connectivity index is 0.000000221. The highest BCUT2D eigenvalue weighted by Gasteiger charge is 2.40. The number of carbonyl (C=O) groups excluding carboxylic acids is 1. The Hall–Kier alpha value is -7.76. The molecule has 0 bridgehead atoms. The number of carbonyl (C=O) groups is 1. The number of hydrogen-bond acceptors (Lipinski definition) is 16. The predicted molar refractivity (Wildman–Crippen MR) is 212 cm³/mol. The fraction of sp³-hybridized carbons (Fsp3) is 0.0811. The van der Waals surface area contributed by atoms with E-state index >= 15 is 0 Å². The molecule has 1 unspecified atom stereocenters. The third-order valence-corrected chi connectivity index (χ3v) is 8.87. The van der Waals surface area contributed by atoms with Crippen LogP contribution in [0.25, 0.3) is 20.5 Å². The van der Waals surface area contributed by atoms with Crippen LogP contribution in [0.4, 0.5) is 34.1 Å².